The Labute approximate surface area is 126 Å². The lowest BCUT2D eigenvalue weighted by molar-refractivity contribution is -0.113. The van der Waals surface area contributed by atoms with Crippen LogP contribution in [0.5, 0.6) is 0 Å². The summed E-state index contributed by atoms with van der Waals surface area (Å²) < 4.78 is 2.85. The molecule has 1 aliphatic heterocycles. The fourth-order valence-electron chi connectivity index (χ4n) is 2.57. The summed E-state index contributed by atoms with van der Waals surface area (Å²) in [6, 6.07) is 16.0. The highest BCUT2D eigenvalue weighted by atomic mass is 32.2. The molecule has 1 aliphatic rings. The van der Waals surface area contributed by atoms with Gasteiger partial charge in [-0.3, -0.25) is 9.52 Å². The smallest absolute Gasteiger partial charge is 0.262 e. The summed E-state index contributed by atoms with van der Waals surface area (Å²) in [4.78, 5) is 16.5. The zero-order valence-electron chi connectivity index (χ0n) is 11.1. The van der Waals surface area contributed by atoms with Crippen molar-refractivity contribution >= 4 is 40.4 Å². The summed E-state index contributed by atoms with van der Waals surface area (Å²) in [7, 11) is 0. The lowest BCUT2D eigenvalue weighted by Gasteiger charge is -2.18. The van der Waals surface area contributed by atoms with E-state index < -0.39 is 0 Å². The van der Waals surface area contributed by atoms with Gasteiger partial charge in [-0.05, 0) is 30.2 Å². The standard InChI is InChI=1S/C17H12N2OS/c20-17-14(13-6-2-4-8-16(13)21-19-17)9-11-10-18-15-7-3-1-5-12(11)15/h1-10,18H,(H,19,20). The summed E-state index contributed by atoms with van der Waals surface area (Å²) in [5.41, 5.74) is 3.78. The Balaban J connectivity index is 1.91. The van der Waals surface area contributed by atoms with Gasteiger partial charge in [0.25, 0.3) is 5.91 Å². The van der Waals surface area contributed by atoms with Gasteiger partial charge in [-0.25, -0.2) is 0 Å². The van der Waals surface area contributed by atoms with Crippen LogP contribution in [0, 0.1) is 0 Å². The van der Waals surface area contributed by atoms with Crippen molar-refractivity contribution in [2.24, 2.45) is 0 Å². The van der Waals surface area contributed by atoms with Gasteiger partial charge in [0, 0.05) is 38.7 Å². The summed E-state index contributed by atoms with van der Waals surface area (Å²) in [5.74, 6) is -0.0519. The average Bonchev–Trinajstić information content (AvgIpc) is 2.93. The van der Waals surface area contributed by atoms with Crippen LogP contribution in [0.3, 0.4) is 0 Å². The van der Waals surface area contributed by atoms with Crippen molar-refractivity contribution < 1.29 is 4.79 Å². The van der Waals surface area contributed by atoms with Crippen LogP contribution in [0.4, 0.5) is 0 Å². The zero-order valence-corrected chi connectivity index (χ0v) is 11.9. The number of nitrogens with one attached hydrogen (secondary N) is 2. The number of benzene rings is 2. The van der Waals surface area contributed by atoms with E-state index in [-0.39, 0.29) is 5.91 Å². The Hall–Kier alpha value is -2.46. The number of hydrogen-bond donors (Lipinski definition) is 2. The maximum Gasteiger partial charge on any atom is 0.262 e. The van der Waals surface area contributed by atoms with Crippen molar-refractivity contribution in [3.8, 4) is 0 Å². The number of para-hydroxylation sites is 1. The first-order valence-electron chi connectivity index (χ1n) is 6.67. The van der Waals surface area contributed by atoms with Gasteiger partial charge < -0.3 is 4.98 Å². The van der Waals surface area contributed by atoms with E-state index in [2.05, 4.69) is 15.8 Å². The van der Waals surface area contributed by atoms with Crippen LogP contribution in [0.1, 0.15) is 11.1 Å². The second-order valence-corrected chi connectivity index (χ2v) is 5.73. The molecule has 0 spiro atoms. The van der Waals surface area contributed by atoms with E-state index in [0.29, 0.717) is 5.57 Å². The van der Waals surface area contributed by atoms with E-state index >= 15 is 0 Å². The van der Waals surface area contributed by atoms with E-state index in [4.69, 9.17) is 0 Å². The molecule has 0 bridgehead atoms. The molecule has 102 valence electrons. The molecule has 1 amide bonds. The number of rotatable bonds is 1. The minimum Gasteiger partial charge on any atom is -0.361 e. The van der Waals surface area contributed by atoms with Crippen molar-refractivity contribution in [1.82, 2.24) is 9.71 Å². The molecule has 1 aromatic heterocycles. The van der Waals surface area contributed by atoms with Crippen LogP contribution in [0.2, 0.25) is 0 Å². The normalized spacial score (nSPS) is 16.0. The summed E-state index contributed by atoms with van der Waals surface area (Å²) >= 11 is 1.37. The van der Waals surface area contributed by atoms with Crippen LogP contribution in [0.15, 0.2) is 59.6 Å². The van der Waals surface area contributed by atoms with E-state index in [9.17, 15) is 4.79 Å². The predicted octanol–water partition coefficient (Wildman–Crippen LogP) is 3.85. The summed E-state index contributed by atoms with van der Waals surface area (Å²) in [6.45, 7) is 0. The number of carbonyl (C=O) groups is 1. The van der Waals surface area contributed by atoms with Crippen molar-refractivity contribution in [3.63, 3.8) is 0 Å². The van der Waals surface area contributed by atoms with Gasteiger partial charge in [-0.15, -0.1) is 0 Å². The topological polar surface area (TPSA) is 44.9 Å². The Morgan fingerprint density at radius 3 is 2.76 bits per heavy atom. The molecular weight excluding hydrogens is 280 g/mol. The van der Waals surface area contributed by atoms with Gasteiger partial charge >= 0.3 is 0 Å². The fourth-order valence-corrected chi connectivity index (χ4v) is 3.32. The molecular formula is C17H12N2OS. The van der Waals surface area contributed by atoms with E-state index in [1.165, 1.54) is 11.9 Å². The average molecular weight is 292 g/mol. The molecule has 0 fully saturated rings. The van der Waals surface area contributed by atoms with Gasteiger partial charge in [-0.2, -0.15) is 0 Å². The first-order valence-corrected chi connectivity index (χ1v) is 7.49. The zero-order chi connectivity index (χ0) is 14.2. The van der Waals surface area contributed by atoms with Crippen molar-refractivity contribution in [2.75, 3.05) is 0 Å². The molecule has 2 aromatic carbocycles. The third kappa shape index (κ3) is 2.04. The number of aromatic amines is 1. The Bertz CT molecular complexity index is 879. The quantitative estimate of drug-likeness (QED) is 0.528. The largest absolute Gasteiger partial charge is 0.361 e. The molecule has 2 N–H and O–H groups in total. The lowest BCUT2D eigenvalue weighted by Crippen LogP contribution is -2.21. The van der Waals surface area contributed by atoms with Crippen molar-refractivity contribution in [1.29, 1.82) is 0 Å². The van der Waals surface area contributed by atoms with Crippen molar-refractivity contribution in [2.45, 2.75) is 4.90 Å². The van der Waals surface area contributed by atoms with E-state index in [0.717, 1.165) is 26.9 Å². The highest BCUT2D eigenvalue weighted by Crippen LogP contribution is 2.33. The van der Waals surface area contributed by atoms with Crippen LogP contribution in [-0.2, 0) is 4.79 Å². The van der Waals surface area contributed by atoms with E-state index in [1.54, 1.807) is 0 Å². The van der Waals surface area contributed by atoms with Gasteiger partial charge in [0.15, 0.2) is 0 Å². The molecule has 3 nitrogen and oxygen atoms in total. The first-order chi connectivity index (χ1) is 10.3. The number of aromatic nitrogens is 1. The van der Waals surface area contributed by atoms with E-state index in [1.807, 2.05) is 54.7 Å². The highest BCUT2D eigenvalue weighted by Gasteiger charge is 2.21. The fraction of sp³-hybridized carbons (Fsp3) is 0. The number of H-pyrrole nitrogens is 1. The second kappa shape index (κ2) is 4.82. The molecule has 0 atom stereocenters. The van der Waals surface area contributed by atoms with Crippen LogP contribution in [-0.4, -0.2) is 10.9 Å². The molecule has 0 saturated carbocycles. The second-order valence-electron chi connectivity index (χ2n) is 4.88. The number of carbonyl (C=O) groups excluding carboxylic acids is 1. The third-order valence-corrected chi connectivity index (χ3v) is 4.46. The first kappa shape index (κ1) is 12.3. The van der Waals surface area contributed by atoms with Crippen LogP contribution < -0.4 is 4.72 Å². The predicted molar refractivity (Wildman–Crippen MR) is 86.6 cm³/mol. The molecule has 2 heterocycles. The summed E-state index contributed by atoms with van der Waals surface area (Å²) in [5, 5.41) is 1.12. The highest BCUT2D eigenvalue weighted by molar-refractivity contribution is 7.98. The van der Waals surface area contributed by atoms with Gasteiger partial charge in [0.1, 0.15) is 0 Å². The molecule has 0 unspecified atom stereocenters. The van der Waals surface area contributed by atoms with Gasteiger partial charge in [0.05, 0.1) is 0 Å². The SMILES string of the molecule is O=C1NSc2ccccc2C1=Cc1c[nH]c2ccccc12. The molecule has 21 heavy (non-hydrogen) atoms. The molecule has 3 aromatic rings. The van der Waals surface area contributed by atoms with Crippen LogP contribution in [0.25, 0.3) is 22.6 Å². The number of amides is 1. The molecule has 0 aliphatic carbocycles. The molecule has 0 saturated heterocycles. The van der Waals surface area contributed by atoms with Crippen molar-refractivity contribution in [3.05, 3.63) is 65.9 Å². The third-order valence-electron chi connectivity index (χ3n) is 3.60. The monoisotopic (exact) mass is 292 g/mol. The Morgan fingerprint density at radius 2 is 1.81 bits per heavy atom. The molecule has 0 radical (unpaired) electrons. The summed E-state index contributed by atoms with van der Waals surface area (Å²) in [6.07, 6.45) is 3.89. The molecule has 4 heteroatoms. The Morgan fingerprint density at radius 1 is 1.00 bits per heavy atom. The number of hydrogen-bond acceptors (Lipinski definition) is 2. The van der Waals surface area contributed by atoms with Crippen LogP contribution >= 0.6 is 11.9 Å². The Kier molecular flexibility index (Phi) is 2.82. The maximum atomic E-state index is 12.2. The van der Waals surface area contributed by atoms with Gasteiger partial charge in [0.2, 0.25) is 0 Å². The van der Waals surface area contributed by atoms with Gasteiger partial charge in [-0.1, -0.05) is 36.4 Å². The minimum absolute atomic E-state index is 0.0519. The minimum atomic E-state index is -0.0519. The maximum absolute atomic E-state index is 12.2. The molecule has 4 rings (SSSR count). The lowest BCUT2D eigenvalue weighted by atomic mass is 10.0. The number of fused-ring (bicyclic) bond motifs is 2.